The second kappa shape index (κ2) is 7.82. The van der Waals surface area contributed by atoms with Gasteiger partial charge in [-0.25, -0.2) is 9.67 Å². The predicted octanol–water partition coefficient (Wildman–Crippen LogP) is 4.17. The monoisotopic (exact) mass is 429 g/mol. The van der Waals surface area contributed by atoms with Gasteiger partial charge in [-0.1, -0.05) is 44.2 Å². The first-order valence-corrected chi connectivity index (χ1v) is 11.1. The highest BCUT2D eigenvalue weighted by molar-refractivity contribution is 5.92. The molecule has 0 radical (unpaired) electrons. The van der Waals surface area contributed by atoms with Crippen molar-refractivity contribution in [2.24, 2.45) is 7.05 Å². The number of hydrogen-bond acceptors (Lipinski definition) is 3. The van der Waals surface area contributed by atoms with E-state index in [4.69, 9.17) is 4.98 Å². The average Bonchev–Trinajstić information content (AvgIpc) is 3.51. The number of rotatable bonds is 6. The zero-order chi connectivity index (χ0) is 22.4. The van der Waals surface area contributed by atoms with Crippen molar-refractivity contribution in [2.45, 2.75) is 45.1 Å². The first-order valence-electron chi connectivity index (χ1n) is 11.1. The van der Waals surface area contributed by atoms with Gasteiger partial charge in [-0.05, 0) is 43.0 Å². The fourth-order valence-corrected chi connectivity index (χ4v) is 4.50. The van der Waals surface area contributed by atoms with E-state index in [1.165, 1.54) is 0 Å². The average molecular weight is 430 g/mol. The van der Waals surface area contributed by atoms with Gasteiger partial charge in [-0.2, -0.15) is 0 Å². The Kier molecular flexibility index (Phi) is 4.96. The van der Waals surface area contributed by atoms with Gasteiger partial charge >= 0.3 is 0 Å². The number of aromatic nitrogens is 4. The Morgan fingerprint density at radius 1 is 1.09 bits per heavy atom. The van der Waals surface area contributed by atoms with Crippen molar-refractivity contribution in [1.29, 1.82) is 0 Å². The second-order valence-corrected chi connectivity index (χ2v) is 8.76. The largest absolute Gasteiger partial charge is 0.318 e. The highest BCUT2D eigenvalue weighted by Crippen LogP contribution is 2.40. The summed E-state index contributed by atoms with van der Waals surface area (Å²) in [5, 5.41) is 2.94. The Morgan fingerprint density at radius 2 is 1.78 bits per heavy atom. The molecule has 5 rings (SSSR count). The van der Waals surface area contributed by atoms with Crippen molar-refractivity contribution in [3.8, 4) is 5.69 Å². The molecule has 32 heavy (non-hydrogen) atoms. The minimum atomic E-state index is -0.228. The maximum atomic E-state index is 13.4. The summed E-state index contributed by atoms with van der Waals surface area (Å²) in [6.07, 6.45) is 2.20. The number of hydrogen-bond donors (Lipinski definition) is 1. The molecule has 164 valence electrons. The molecule has 1 saturated carbocycles. The summed E-state index contributed by atoms with van der Waals surface area (Å²) in [6, 6.07) is 17.4. The van der Waals surface area contributed by atoms with E-state index in [9.17, 15) is 9.59 Å². The van der Waals surface area contributed by atoms with Crippen LogP contribution in [0.4, 0.5) is 5.69 Å². The van der Waals surface area contributed by atoms with Crippen LogP contribution in [0.25, 0.3) is 16.7 Å². The maximum Gasteiger partial charge on any atom is 0.295 e. The van der Waals surface area contributed by atoms with Crippen LogP contribution in [0.3, 0.4) is 0 Å². The van der Waals surface area contributed by atoms with Gasteiger partial charge < -0.3 is 9.88 Å². The lowest BCUT2D eigenvalue weighted by atomic mass is 10.1. The molecule has 2 heterocycles. The second-order valence-electron chi connectivity index (χ2n) is 8.76. The number of nitrogens with one attached hydrogen (secondary N) is 1. The van der Waals surface area contributed by atoms with Crippen molar-refractivity contribution in [2.75, 3.05) is 5.32 Å². The van der Waals surface area contributed by atoms with Crippen molar-refractivity contribution in [1.82, 2.24) is 18.9 Å². The third-order valence-corrected chi connectivity index (χ3v) is 6.05. The molecular weight excluding hydrogens is 402 g/mol. The third-order valence-electron chi connectivity index (χ3n) is 6.05. The molecule has 2 aromatic carbocycles. The van der Waals surface area contributed by atoms with Crippen molar-refractivity contribution in [3.05, 3.63) is 76.5 Å². The van der Waals surface area contributed by atoms with Gasteiger partial charge in [0, 0.05) is 13.0 Å². The number of nitrogens with zero attached hydrogens (tertiary/aromatic N) is 4. The molecule has 1 aliphatic carbocycles. The van der Waals surface area contributed by atoms with Gasteiger partial charge in [0.05, 0.1) is 22.4 Å². The molecule has 0 aliphatic heterocycles. The molecule has 1 amide bonds. The maximum absolute atomic E-state index is 13.4. The van der Waals surface area contributed by atoms with Crippen molar-refractivity contribution < 1.29 is 4.79 Å². The number of amides is 1. The van der Waals surface area contributed by atoms with E-state index in [1.807, 2.05) is 84.7 Å². The van der Waals surface area contributed by atoms with E-state index in [-0.39, 0.29) is 23.9 Å². The van der Waals surface area contributed by atoms with E-state index in [0.717, 1.165) is 41.1 Å². The Balaban J connectivity index is 1.51. The Labute approximate surface area is 186 Å². The first kappa shape index (κ1) is 20.3. The van der Waals surface area contributed by atoms with Gasteiger partial charge in [0.2, 0.25) is 5.91 Å². The van der Waals surface area contributed by atoms with Crippen molar-refractivity contribution in [3.63, 3.8) is 0 Å². The van der Waals surface area contributed by atoms with Crippen molar-refractivity contribution >= 4 is 22.6 Å². The van der Waals surface area contributed by atoms with E-state index in [1.54, 1.807) is 4.68 Å². The topological polar surface area (TPSA) is 73.8 Å². The summed E-state index contributed by atoms with van der Waals surface area (Å²) >= 11 is 0. The van der Waals surface area contributed by atoms with Crippen LogP contribution in [0, 0.1) is 0 Å². The predicted molar refractivity (Wildman–Crippen MR) is 125 cm³/mol. The van der Waals surface area contributed by atoms with Crippen LogP contribution in [0.1, 0.15) is 50.0 Å². The van der Waals surface area contributed by atoms with Crippen LogP contribution in [0.2, 0.25) is 0 Å². The summed E-state index contributed by atoms with van der Waals surface area (Å²) in [5.41, 5.74) is 3.52. The SMILES string of the molecule is CC(C)c1c(NC(=O)Cn2c(C3CC3)nc3ccccc32)c(=O)n(-c2ccccc2)n1C. The van der Waals surface area contributed by atoms with Crippen LogP contribution in [0.5, 0.6) is 0 Å². The zero-order valence-electron chi connectivity index (χ0n) is 18.6. The molecule has 7 nitrogen and oxygen atoms in total. The van der Waals surface area contributed by atoms with Crippen LogP contribution in [-0.2, 0) is 18.4 Å². The summed E-state index contributed by atoms with van der Waals surface area (Å²) in [7, 11) is 1.86. The minimum absolute atomic E-state index is 0.0593. The molecule has 7 heteroatoms. The summed E-state index contributed by atoms with van der Waals surface area (Å²) in [5.74, 6) is 1.21. The number of carbonyl (C=O) groups is 1. The molecule has 0 unspecified atom stereocenters. The molecule has 1 fully saturated rings. The molecule has 1 N–H and O–H groups in total. The van der Waals surface area contributed by atoms with Gasteiger partial charge in [0.25, 0.3) is 5.56 Å². The van der Waals surface area contributed by atoms with Crippen LogP contribution < -0.4 is 10.9 Å². The van der Waals surface area contributed by atoms with Crippen LogP contribution in [0.15, 0.2) is 59.4 Å². The molecular formula is C25H27N5O2. The normalized spacial score (nSPS) is 13.8. The lowest BCUT2D eigenvalue weighted by Gasteiger charge is -2.13. The Hall–Kier alpha value is -3.61. The molecule has 0 spiro atoms. The summed E-state index contributed by atoms with van der Waals surface area (Å²) < 4.78 is 5.43. The Morgan fingerprint density at radius 3 is 2.47 bits per heavy atom. The van der Waals surface area contributed by atoms with E-state index < -0.39 is 0 Å². The summed E-state index contributed by atoms with van der Waals surface area (Å²) in [4.78, 5) is 31.3. The number of fused-ring (bicyclic) bond motifs is 1. The highest BCUT2D eigenvalue weighted by Gasteiger charge is 2.30. The number of imidazole rings is 1. The molecule has 0 atom stereocenters. The van der Waals surface area contributed by atoms with E-state index >= 15 is 0 Å². The Bertz CT molecular complexity index is 1360. The molecule has 0 saturated heterocycles. The molecule has 4 aromatic rings. The van der Waals surface area contributed by atoms with Gasteiger partial charge in [-0.3, -0.25) is 14.3 Å². The first-order chi connectivity index (χ1) is 15.5. The van der Waals surface area contributed by atoms with Crippen LogP contribution >= 0.6 is 0 Å². The smallest absolute Gasteiger partial charge is 0.295 e. The molecule has 0 bridgehead atoms. The zero-order valence-corrected chi connectivity index (χ0v) is 18.6. The number of benzene rings is 2. The highest BCUT2D eigenvalue weighted by atomic mass is 16.2. The summed E-state index contributed by atoms with van der Waals surface area (Å²) in [6.45, 7) is 4.17. The van der Waals surface area contributed by atoms with Gasteiger partial charge in [0.15, 0.2) is 0 Å². The minimum Gasteiger partial charge on any atom is -0.318 e. The fraction of sp³-hybridized carbons (Fsp3) is 0.320. The number of anilines is 1. The fourth-order valence-electron chi connectivity index (χ4n) is 4.50. The quantitative estimate of drug-likeness (QED) is 0.500. The van der Waals surface area contributed by atoms with Gasteiger partial charge in [-0.15, -0.1) is 0 Å². The van der Waals surface area contributed by atoms with E-state index in [0.29, 0.717) is 11.6 Å². The van der Waals surface area contributed by atoms with Gasteiger partial charge in [0.1, 0.15) is 18.1 Å². The standard InChI is InChI=1S/C25H27N5O2/c1-16(2)23-22(25(32)30(28(23)3)18-9-5-4-6-10-18)27-21(31)15-29-20-12-8-7-11-19(20)26-24(29)17-13-14-17/h4-12,16-17H,13-15H2,1-3H3,(H,27,31). The number of carbonyl (C=O) groups excluding carboxylic acids is 1. The van der Waals surface area contributed by atoms with Crippen LogP contribution in [-0.4, -0.2) is 24.8 Å². The molecule has 2 aromatic heterocycles. The third kappa shape index (κ3) is 3.43. The molecule has 1 aliphatic rings. The lowest BCUT2D eigenvalue weighted by molar-refractivity contribution is -0.116. The lowest BCUT2D eigenvalue weighted by Crippen LogP contribution is -2.25. The number of para-hydroxylation sites is 3. The van der Waals surface area contributed by atoms with E-state index in [2.05, 4.69) is 5.32 Å².